The molecule has 0 aromatic carbocycles. The van der Waals surface area contributed by atoms with E-state index in [9.17, 15) is 19.2 Å². The largest absolute Gasteiger partial charge is 0.480 e. The molecule has 0 spiro atoms. The van der Waals surface area contributed by atoms with Gasteiger partial charge in [0.1, 0.15) is 6.04 Å². The number of primary amides is 1. The van der Waals surface area contributed by atoms with Crippen molar-refractivity contribution in [2.75, 3.05) is 0 Å². The van der Waals surface area contributed by atoms with Crippen LogP contribution in [0.4, 0.5) is 0 Å². The standard InChI is InChI=1S/C13H17N3O5/c1-8-3-2-5-16(12(8)19)6-4-11(18)15-9(13(20)21)7-10(14)17/h2-3,5,9H,4,6-7H2,1H3,(H2,14,17)(H,15,18)(H,20,21). The van der Waals surface area contributed by atoms with Crippen LogP contribution in [-0.2, 0) is 20.9 Å². The van der Waals surface area contributed by atoms with Gasteiger partial charge >= 0.3 is 5.97 Å². The van der Waals surface area contributed by atoms with Crippen LogP contribution in [0.15, 0.2) is 23.1 Å². The minimum Gasteiger partial charge on any atom is -0.480 e. The monoisotopic (exact) mass is 295 g/mol. The highest BCUT2D eigenvalue weighted by Crippen LogP contribution is 1.96. The summed E-state index contributed by atoms with van der Waals surface area (Å²) in [4.78, 5) is 45.0. The topological polar surface area (TPSA) is 131 Å². The first-order valence-corrected chi connectivity index (χ1v) is 6.27. The van der Waals surface area contributed by atoms with E-state index in [0.717, 1.165) is 0 Å². The molecule has 0 saturated heterocycles. The number of carbonyl (C=O) groups excluding carboxylic acids is 2. The molecule has 0 aliphatic carbocycles. The van der Waals surface area contributed by atoms with Crippen LogP contribution in [0.1, 0.15) is 18.4 Å². The first-order chi connectivity index (χ1) is 9.81. The highest BCUT2D eigenvalue weighted by Gasteiger charge is 2.21. The maximum absolute atomic E-state index is 11.7. The average molecular weight is 295 g/mol. The molecule has 21 heavy (non-hydrogen) atoms. The number of hydrogen-bond donors (Lipinski definition) is 3. The summed E-state index contributed by atoms with van der Waals surface area (Å²) in [6.07, 6.45) is 0.984. The Balaban J connectivity index is 2.61. The third-order valence-electron chi connectivity index (χ3n) is 2.83. The van der Waals surface area contributed by atoms with E-state index >= 15 is 0 Å². The van der Waals surface area contributed by atoms with Gasteiger partial charge in [0.15, 0.2) is 0 Å². The summed E-state index contributed by atoms with van der Waals surface area (Å²) in [5.74, 6) is -2.73. The number of nitrogens with one attached hydrogen (secondary N) is 1. The Morgan fingerprint density at radius 2 is 2.10 bits per heavy atom. The second-order valence-electron chi connectivity index (χ2n) is 4.57. The van der Waals surface area contributed by atoms with Gasteiger partial charge in [-0.25, -0.2) is 4.79 Å². The molecule has 8 nitrogen and oxygen atoms in total. The van der Waals surface area contributed by atoms with Gasteiger partial charge in [-0.1, -0.05) is 6.07 Å². The Morgan fingerprint density at radius 1 is 1.43 bits per heavy atom. The molecule has 114 valence electrons. The number of pyridine rings is 1. The smallest absolute Gasteiger partial charge is 0.326 e. The summed E-state index contributed by atoms with van der Waals surface area (Å²) in [5, 5.41) is 11.1. The lowest BCUT2D eigenvalue weighted by molar-refractivity contribution is -0.143. The van der Waals surface area contributed by atoms with Gasteiger partial charge in [-0.3, -0.25) is 14.4 Å². The molecule has 1 aromatic rings. The van der Waals surface area contributed by atoms with Crippen LogP contribution >= 0.6 is 0 Å². The maximum Gasteiger partial charge on any atom is 0.326 e. The molecular formula is C13H17N3O5. The predicted molar refractivity (Wildman–Crippen MR) is 73.4 cm³/mol. The number of nitrogens with two attached hydrogens (primary N) is 1. The fraction of sp³-hybridized carbons (Fsp3) is 0.385. The zero-order chi connectivity index (χ0) is 16.0. The molecule has 2 amide bonds. The second-order valence-corrected chi connectivity index (χ2v) is 4.57. The van der Waals surface area contributed by atoms with Crippen LogP contribution in [-0.4, -0.2) is 33.5 Å². The third kappa shape index (κ3) is 5.09. The number of carboxylic acid groups (broad SMARTS) is 1. The molecule has 1 atom stereocenters. The van der Waals surface area contributed by atoms with Gasteiger partial charge in [-0.15, -0.1) is 0 Å². The van der Waals surface area contributed by atoms with E-state index in [1.54, 1.807) is 25.3 Å². The molecule has 0 aliphatic rings. The van der Waals surface area contributed by atoms with Crippen LogP contribution in [0.5, 0.6) is 0 Å². The first-order valence-electron chi connectivity index (χ1n) is 6.27. The highest BCUT2D eigenvalue weighted by atomic mass is 16.4. The molecule has 0 aliphatic heterocycles. The van der Waals surface area contributed by atoms with Crippen molar-refractivity contribution in [1.29, 1.82) is 0 Å². The van der Waals surface area contributed by atoms with E-state index < -0.39 is 30.2 Å². The fourth-order valence-corrected chi connectivity index (χ4v) is 1.72. The van der Waals surface area contributed by atoms with Crippen molar-refractivity contribution in [1.82, 2.24) is 9.88 Å². The molecule has 1 unspecified atom stereocenters. The number of aromatic nitrogens is 1. The fourth-order valence-electron chi connectivity index (χ4n) is 1.72. The van der Waals surface area contributed by atoms with Crippen molar-refractivity contribution >= 4 is 17.8 Å². The van der Waals surface area contributed by atoms with Gasteiger partial charge in [0.25, 0.3) is 5.56 Å². The summed E-state index contributed by atoms with van der Waals surface area (Å²) < 4.78 is 1.36. The molecule has 4 N–H and O–H groups in total. The lowest BCUT2D eigenvalue weighted by atomic mass is 10.2. The van der Waals surface area contributed by atoms with E-state index in [1.807, 2.05) is 0 Å². The van der Waals surface area contributed by atoms with E-state index in [4.69, 9.17) is 10.8 Å². The number of aliphatic carboxylic acids is 1. The Morgan fingerprint density at radius 3 is 2.67 bits per heavy atom. The number of carbonyl (C=O) groups is 3. The molecular weight excluding hydrogens is 278 g/mol. The number of nitrogens with zero attached hydrogens (tertiary/aromatic N) is 1. The Hall–Kier alpha value is -2.64. The second kappa shape index (κ2) is 7.22. The predicted octanol–water partition coefficient (Wildman–Crippen LogP) is -1.01. The number of amides is 2. The van der Waals surface area contributed by atoms with Gasteiger partial charge in [-0.05, 0) is 13.0 Å². The minimum absolute atomic E-state index is 0.0775. The number of aryl methyl sites for hydroxylation is 2. The Bertz CT molecular complexity index is 608. The van der Waals surface area contributed by atoms with Gasteiger partial charge in [0, 0.05) is 24.7 Å². The van der Waals surface area contributed by atoms with Crippen molar-refractivity contribution in [3.63, 3.8) is 0 Å². The van der Waals surface area contributed by atoms with Crippen molar-refractivity contribution in [3.8, 4) is 0 Å². The van der Waals surface area contributed by atoms with Gasteiger partial charge in [-0.2, -0.15) is 0 Å². The lowest BCUT2D eigenvalue weighted by Crippen LogP contribution is -2.43. The highest BCUT2D eigenvalue weighted by molar-refractivity contribution is 5.88. The van der Waals surface area contributed by atoms with Crippen molar-refractivity contribution in [3.05, 3.63) is 34.2 Å². The average Bonchev–Trinajstić information content (AvgIpc) is 2.39. The van der Waals surface area contributed by atoms with Crippen LogP contribution in [0.25, 0.3) is 0 Å². The Labute approximate surface area is 120 Å². The van der Waals surface area contributed by atoms with Crippen molar-refractivity contribution < 1.29 is 19.5 Å². The summed E-state index contributed by atoms with van der Waals surface area (Å²) in [7, 11) is 0. The quantitative estimate of drug-likeness (QED) is 0.593. The lowest BCUT2D eigenvalue weighted by Gasteiger charge is -2.13. The van der Waals surface area contributed by atoms with Crippen molar-refractivity contribution in [2.45, 2.75) is 32.4 Å². The molecule has 0 fully saturated rings. The van der Waals surface area contributed by atoms with E-state index in [1.165, 1.54) is 4.57 Å². The molecule has 0 saturated carbocycles. The first kappa shape index (κ1) is 16.4. The van der Waals surface area contributed by atoms with E-state index in [0.29, 0.717) is 5.56 Å². The van der Waals surface area contributed by atoms with Crippen LogP contribution in [0.3, 0.4) is 0 Å². The van der Waals surface area contributed by atoms with Crippen LogP contribution in [0, 0.1) is 6.92 Å². The minimum atomic E-state index is -1.36. The van der Waals surface area contributed by atoms with E-state index in [-0.39, 0.29) is 18.5 Å². The summed E-state index contributed by atoms with van der Waals surface area (Å²) in [5.41, 5.74) is 5.25. The SMILES string of the molecule is Cc1cccn(CCC(=O)NC(CC(N)=O)C(=O)O)c1=O. The molecule has 1 rings (SSSR count). The van der Waals surface area contributed by atoms with Crippen LogP contribution in [0.2, 0.25) is 0 Å². The van der Waals surface area contributed by atoms with Crippen LogP contribution < -0.4 is 16.6 Å². The summed E-state index contributed by atoms with van der Waals surface area (Å²) in [6.45, 7) is 1.78. The molecule has 0 radical (unpaired) electrons. The third-order valence-corrected chi connectivity index (χ3v) is 2.83. The number of carboxylic acids is 1. The van der Waals surface area contributed by atoms with Gasteiger partial charge < -0.3 is 20.7 Å². The number of hydrogen-bond acceptors (Lipinski definition) is 4. The maximum atomic E-state index is 11.7. The summed E-state index contributed by atoms with van der Waals surface area (Å²) >= 11 is 0. The van der Waals surface area contributed by atoms with Gasteiger partial charge in [0.05, 0.1) is 6.42 Å². The zero-order valence-corrected chi connectivity index (χ0v) is 11.5. The van der Waals surface area contributed by atoms with Crippen molar-refractivity contribution in [2.24, 2.45) is 5.73 Å². The molecule has 0 bridgehead atoms. The summed E-state index contributed by atoms with van der Waals surface area (Å²) in [6, 6.07) is 1.98. The van der Waals surface area contributed by atoms with E-state index in [2.05, 4.69) is 5.32 Å². The Kier molecular flexibility index (Phi) is 5.65. The normalized spacial score (nSPS) is 11.7. The molecule has 1 heterocycles. The molecule has 1 aromatic heterocycles. The number of rotatable bonds is 7. The van der Waals surface area contributed by atoms with Gasteiger partial charge in [0.2, 0.25) is 11.8 Å². The zero-order valence-electron chi connectivity index (χ0n) is 11.5. The molecule has 8 heteroatoms.